The molecule has 0 spiro atoms. The SMILES string of the molecule is CCCCOCCCNc1nc(/C(C#N)=C2/NC(C)=CS2)cc(N(C)c2ccccc2)n1. The molecule has 32 heavy (non-hydrogen) atoms. The van der Waals surface area contributed by atoms with Crippen LogP contribution in [-0.4, -0.2) is 36.8 Å². The van der Waals surface area contributed by atoms with E-state index in [-0.39, 0.29) is 0 Å². The number of hydrogen-bond acceptors (Lipinski definition) is 8. The lowest BCUT2D eigenvalue weighted by Crippen LogP contribution is -2.16. The fourth-order valence-corrected chi connectivity index (χ4v) is 3.89. The van der Waals surface area contributed by atoms with Gasteiger partial charge in [-0.3, -0.25) is 0 Å². The number of rotatable bonds is 11. The van der Waals surface area contributed by atoms with Crippen LogP contribution in [0.1, 0.15) is 38.8 Å². The number of nitrogens with one attached hydrogen (secondary N) is 2. The molecule has 0 bridgehead atoms. The van der Waals surface area contributed by atoms with E-state index in [1.54, 1.807) is 0 Å². The minimum Gasteiger partial charge on any atom is -0.381 e. The van der Waals surface area contributed by atoms with Gasteiger partial charge in [0.2, 0.25) is 5.95 Å². The lowest BCUT2D eigenvalue weighted by Gasteiger charge is -2.20. The Kier molecular flexibility index (Phi) is 8.96. The van der Waals surface area contributed by atoms with E-state index < -0.39 is 0 Å². The van der Waals surface area contributed by atoms with Crippen molar-refractivity contribution in [2.75, 3.05) is 37.0 Å². The Hall–Kier alpha value is -3.02. The molecule has 0 unspecified atom stereocenters. The third kappa shape index (κ3) is 6.49. The number of aromatic nitrogens is 2. The van der Waals surface area contributed by atoms with Gasteiger partial charge in [-0.15, -0.1) is 0 Å². The molecule has 1 aromatic carbocycles. The van der Waals surface area contributed by atoms with Crippen molar-refractivity contribution in [3.05, 3.63) is 58.2 Å². The van der Waals surface area contributed by atoms with Gasteiger partial charge in [-0.1, -0.05) is 43.3 Å². The second kappa shape index (κ2) is 12.1. The Labute approximate surface area is 194 Å². The summed E-state index contributed by atoms with van der Waals surface area (Å²) in [7, 11) is 1.96. The molecule has 0 atom stereocenters. The lowest BCUT2D eigenvalue weighted by molar-refractivity contribution is 0.131. The standard InChI is InChI=1S/C24H30N6OS/c1-4-5-13-31-14-9-12-26-24-28-21(20(16-25)23-27-18(2)17-32-23)15-22(29-24)30(3)19-10-7-6-8-11-19/h6-8,10-11,15,17,27H,4-5,9,12-14H2,1-3H3,(H,26,28,29)/b23-20-. The van der Waals surface area contributed by atoms with Crippen LogP contribution in [0.15, 0.2) is 52.5 Å². The maximum Gasteiger partial charge on any atom is 0.225 e. The number of unbranched alkanes of at least 4 members (excludes halogenated alkanes) is 1. The summed E-state index contributed by atoms with van der Waals surface area (Å²) in [6.45, 7) is 6.31. The largest absolute Gasteiger partial charge is 0.381 e. The monoisotopic (exact) mass is 450 g/mol. The van der Waals surface area contributed by atoms with Crippen LogP contribution in [0.4, 0.5) is 17.5 Å². The second-order valence-corrected chi connectivity index (χ2v) is 8.32. The second-order valence-electron chi connectivity index (χ2n) is 7.44. The van der Waals surface area contributed by atoms with E-state index in [0.717, 1.165) is 42.3 Å². The Bertz CT molecular complexity index is 999. The van der Waals surface area contributed by atoms with Crippen molar-refractivity contribution in [1.29, 1.82) is 5.26 Å². The summed E-state index contributed by atoms with van der Waals surface area (Å²) < 4.78 is 5.63. The molecule has 0 saturated heterocycles. The molecular formula is C24H30N6OS. The number of allylic oxidation sites excluding steroid dienone is 2. The predicted octanol–water partition coefficient (Wildman–Crippen LogP) is 5.25. The average Bonchev–Trinajstić information content (AvgIpc) is 3.24. The normalized spacial score (nSPS) is 14.4. The van der Waals surface area contributed by atoms with Gasteiger partial charge in [0.25, 0.3) is 0 Å². The summed E-state index contributed by atoms with van der Waals surface area (Å²) in [5, 5.41) is 19.2. The summed E-state index contributed by atoms with van der Waals surface area (Å²) in [4.78, 5) is 11.3. The number of anilines is 3. The zero-order valence-electron chi connectivity index (χ0n) is 18.9. The summed E-state index contributed by atoms with van der Waals surface area (Å²) in [5.74, 6) is 1.21. The molecule has 1 aromatic heterocycles. The molecule has 2 N–H and O–H groups in total. The molecule has 1 aliphatic heterocycles. The summed E-state index contributed by atoms with van der Waals surface area (Å²) >= 11 is 1.50. The molecule has 1 aliphatic rings. The van der Waals surface area contributed by atoms with Gasteiger partial charge in [-0.2, -0.15) is 10.2 Å². The Balaban J connectivity index is 1.83. The van der Waals surface area contributed by atoms with Gasteiger partial charge in [-0.05, 0) is 37.3 Å². The van der Waals surface area contributed by atoms with Crippen molar-refractivity contribution < 1.29 is 4.74 Å². The van der Waals surface area contributed by atoms with Gasteiger partial charge in [0.15, 0.2) is 0 Å². The first-order valence-electron chi connectivity index (χ1n) is 10.9. The molecule has 168 valence electrons. The van der Waals surface area contributed by atoms with Gasteiger partial charge < -0.3 is 20.3 Å². The molecule has 0 fully saturated rings. The molecule has 0 aliphatic carbocycles. The highest BCUT2D eigenvalue weighted by molar-refractivity contribution is 8.06. The summed E-state index contributed by atoms with van der Waals surface area (Å²) in [6.07, 6.45) is 3.07. The predicted molar refractivity (Wildman–Crippen MR) is 132 cm³/mol. The first-order chi connectivity index (χ1) is 15.6. The summed E-state index contributed by atoms with van der Waals surface area (Å²) in [5.41, 5.74) is 3.10. The van der Waals surface area contributed by atoms with Gasteiger partial charge in [0, 0.05) is 44.3 Å². The van der Waals surface area contributed by atoms with Crippen molar-refractivity contribution in [3.8, 4) is 6.07 Å². The maximum atomic E-state index is 9.89. The Morgan fingerprint density at radius 3 is 2.69 bits per heavy atom. The molecule has 7 nitrogen and oxygen atoms in total. The number of benzene rings is 1. The number of nitriles is 1. The van der Waals surface area contributed by atoms with Crippen LogP contribution in [0.5, 0.6) is 0 Å². The van der Waals surface area contributed by atoms with E-state index in [4.69, 9.17) is 9.72 Å². The van der Waals surface area contributed by atoms with Crippen LogP contribution in [0.25, 0.3) is 5.57 Å². The molecule has 8 heteroatoms. The molecule has 2 aromatic rings. The number of hydrogen-bond donors (Lipinski definition) is 2. The zero-order chi connectivity index (χ0) is 22.8. The molecule has 0 saturated carbocycles. The van der Waals surface area contributed by atoms with Crippen molar-refractivity contribution >= 4 is 34.8 Å². The average molecular weight is 451 g/mol. The molecule has 0 radical (unpaired) electrons. The molecule has 3 rings (SSSR count). The minimum atomic E-state index is 0.495. The fraction of sp³-hybridized carbons (Fsp3) is 0.375. The van der Waals surface area contributed by atoms with E-state index in [0.29, 0.717) is 36.2 Å². The molecule has 0 amide bonds. The van der Waals surface area contributed by atoms with Crippen molar-refractivity contribution in [2.24, 2.45) is 0 Å². The number of thioether (sulfide) groups is 1. The van der Waals surface area contributed by atoms with Crippen molar-refractivity contribution in [3.63, 3.8) is 0 Å². The number of nitrogens with zero attached hydrogens (tertiary/aromatic N) is 4. The Morgan fingerprint density at radius 2 is 2.00 bits per heavy atom. The van der Waals surface area contributed by atoms with E-state index in [2.05, 4.69) is 28.6 Å². The quantitative estimate of drug-likeness (QED) is 0.354. The number of ether oxygens (including phenoxy) is 1. The van der Waals surface area contributed by atoms with E-state index in [9.17, 15) is 5.26 Å². The van der Waals surface area contributed by atoms with Crippen LogP contribution >= 0.6 is 11.8 Å². The fourth-order valence-electron chi connectivity index (χ4n) is 3.05. The highest BCUT2D eigenvalue weighted by atomic mass is 32.2. The van der Waals surface area contributed by atoms with Crippen LogP contribution in [0.3, 0.4) is 0 Å². The first-order valence-corrected chi connectivity index (χ1v) is 11.7. The molecule has 2 heterocycles. The first kappa shape index (κ1) is 23.6. The van der Waals surface area contributed by atoms with Crippen molar-refractivity contribution in [1.82, 2.24) is 15.3 Å². The highest BCUT2D eigenvalue weighted by Crippen LogP contribution is 2.32. The van der Waals surface area contributed by atoms with Gasteiger partial charge in [-0.25, -0.2) is 4.98 Å². The van der Waals surface area contributed by atoms with E-state index in [1.165, 1.54) is 11.8 Å². The summed E-state index contributed by atoms with van der Waals surface area (Å²) in [6, 6.07) is 14.2. The zero-order valence-corrected chi connectivity index (χ0v) is 19.7. The molecular weight excluding hydrogens is 420 g/mol. The minimum absolute atomic E-state index is 0.495. The maximum absolute atomic E-state index is 9.89. The topological polar surface area (TPSA) is 86.1 Å². The lowest BCUT2D eigenvalue weighted by atomic mass is 10.2. The van der Waals surface area contributed by atoms with Crippen LogP contribution in [-0.2, 0) is 4.74 Å². The Morgan fingerprint density at radius 1 is 1.22 bits per heavy atom. The third-order valence-corrected chi connectivity index (χ3v) is 5.86. The van der Waals surface area contributed by atoms with E-state index in [1.807, 2.05) is 60.7 Å². The van der Waals surface area contributed by atoms with Crippen LogP contribution in [0, 0.1) is 11.3 Å². The highest BCUT2D eigenvalue weighted by Gasteiger charge is 2.18. The third-order valence-electron chi connectivity index (χ3n) is 4.85. The van der Waals surface area contributed by atoms with Gasteiger partial charge >= 0.3 is 0 Å². The smallest absolute Gasteiger partial charge is 0.225 e. The van der Waals surface area contributed by atoms with Crippen LogP contribution in [0.2, 0.25) is 0 Å². The van der Waals surface area contributed by atoms with Gasteiger partial charge in [0.1, 0.15) is 17.5 Å². The van der Waals surface area contributed by atoms with Gasteiger partial charge in [0.05, 0.1) is 10.7 Å². The van der Waals surface area contributed by atoms with Crippen molar-refractivity contribution in [2.45, 2.75) is 33.1 Å². The van der Waals surface area contributed by atoms with E-state index >= 15 is 0 Å². The number of para-hydroxylation sites is 1. The van der Waals surface area contributed by atoms with Crippen LogP contribution < -0.4 is 15.5 Å².